The van der Waals surface area contributed by atoms with E-state index >= 15 is 0 Å². The zero-order chi connectivity index (χ0) is 21.7. The normalized spacial score (nSPS) is 15.6. The first kappa shape index (κ1) is 22.6. The van der Waals surface area contributed by atoms with Crippen molar-refractivity contribution in [3.63, 3.8) is 0 Å². The molecular formula is C21H20Cl2F3NO3. The van der Waals surface area contributed by atoms with Crippen LogP contribution in [0.2, 0.25) is 10.0 Å². The lowest BCUT2D eigenvalue weighted by Crippen LogP contribution is -2.47. The van der Waals surface area contributed by atoms with Crippen molar-refractivity contribution < 1.29 is 27.4 Å². The zero-order valence-corrected chi connectivity index (χ0v) is 17.4. The molecule has 0 bridgehead atoms. The molecule has 30 heavy (non-hydrogen) atoms. The van der Waals surface area contributed by atoms with E-state index in [9.17, 15) is 18.0 Å². The highest BCUT2D eigenvalue weighted by Gasteiger charge is 2.33. The van der Waals surface area contributed by atoms with Crippen molar-refractivity contribution in [2.45, 2.75) is 31.5 Å². The fourth-order valence-electron chi connectivity index (χ4n) is 3.16. The van der Waals surface area contributed by atoms with Crippen LogP contribution in [0.15, 0.2) is 42.5 Å². The van der Waals surface area contributed by atoms with Crippen LogP contribution in [0.1, 0.15) is 24.8 Å². The Morgan fingerprint density at radius 2 is 1.63 bits per heavy atom. The van der Waals surface area contributed by atoms with Crippen molar-refractivity contribution in [3.8, 4) is 11.5 Å². The summed E-state index contributed by atoms with van der Waals surface area (Å²) in [5, 5.41) is -0.586. The van der Waals surface area contributed by atoms with Crippen LogP contribution in [-0.2, 0) is 11.0 Å². The van der Waals surface area contributed by atoms with Gasteiger partial charge in [0.2, 0.25) is 6.10 Å². The van der Waals surface area contributed by atoms with Crippen molar-refractivity contribution in [2.75, 3.05) is 19.7 Å². The minimum atomic E-state index is -4.59. The van der Waals surface area contributed by atoms with Gasteiger partial charge in [0.15, 0.2) is 5.75 Å². The summed E-state index contributed by atoms with van der Waals surface area (Å²) < 4.78 is 50.2. The van der Waals surface area contributed by atoms with Crippen molar-refractivity contribution in [2.24, 2.45) is 0 Å². The molecule has 9 heteroatoms. The molecule has 0 N–H and O–H groups in total. The molecule has 0 radical (unpaired) electrons. The van der Waals surface area contributed by atoms with Gasteiger partial charge in [0.05, 0.1) is 15.6 Å². The molecule has 0 aromatic heterocycles. The largest absolute Gasteiger partial charge is 0.486 e. The Labute approximate surface area is 182 Å². The number of nitrogens with zero attached hydrogens (tertiary/aromatic N) is 1. The highest BCUT2D eigenvalue weighted by Crippen LogP contribution is 2.40. The van der Waals surface area contributed by atoms with Crippen LogP contribution in [0.25, 0.3) is 0 Å². The van der Waals surface area contributed by atoms with Crippen LogP contribution in [0, 0.1) is 0 Å². The van der Waals surface area contributed by atoms with Crippen LogP contribution in [-0.4, -0.2) is 36.6 Å². The van der Waals surface area contributed by atoms with Crippen LogP contribution >= 0.6 is 23.2 Å². The summed E-state index contributed by atoms with van der Waals surface area (Å²) in [7, 11) is 0. The maximum absolute atomic E-state index is 13.0. The number of carbonyl (C=O) groups excluding carboxylic acids is 1. The molecule has 1 aliphatic heterocycles. The minimum absolute atomic E-state index is 0.126. The molecule has 1 aliphatic rings. The van der Waals surface area contributed by atoms with E-state index in [-0.39, 0.29) is 28.3 Å². The molecule has 3 rings (SSSR count). The first-order valence-corrected chi connectivity index (χ1v) is 10.2. The lowest BCUT2D eigenvalue weighted by molar-refractivity contribution is -0.141. The second-order valence-electron chi connectivity index (χ2n) is 6.88. The number of hydrogen-bond donors (Lipinski definition) is 0. The Morgan fingerprint density at radius 3 is 2.20 bits per heavy atom. The van der Waals surface area contributed by atoms with Crippen molar-refractivity contribution in [3.05, 3.63) is 58.1 Å². The highest BCUT2D eigenvalue weighted by molar-refractivity contribution is 6.37. The molecule has 4 nitrogen and oxygen atoms in total. The third-order valence-electron chi connectivity index (χ3n) is 4.67. The predicted molar refractivity (Wildman–Crippen MR) is 108 cm³/mol. The molecule has 1 amide bonds. The second kappa shape index (κ2) is 9.79. The van der Waals surface area contributed by atoms with Crippen molar-refractivity contribution in [1.82, 2.24) is 4.90 Å². The number of alkyl halides is 3. The standard InChI is InChI=1S/C21H20Cl2F3NO3/c22-16-11-14(21(24,25)26)12-17(23)19(16)29-13-18(30-15-7-3-1-4-8-15)20(28)27-9-5-2-6-10-27/h1,3-4,7-8,11-12,18H,2,5-6,9-10,13H2. The monoisotopic (exact) mass is 461 g/mol. The Balaban J connectivity index is 1.78. The van der Waals surface area contributed by atoms with Gasteiger partial charge in [-0.05, 0) is 43.5 Å². The molecule has 1 atom stereocenters. The summed E-state index contributed by atoms with van der Waals surface area (Å²) in [6, 6.07) is 10.2. The number of halogens is 5. The van der Waals surface area contributed by atoms with Gasteiger partial charge in [0.25, 0.3) is 5.91 Å². The van der Waals surface area contributed by atoms with Crippen molar-refractivity contribution in [1.29, 1.82) is 0 Å². The van der Waals surface area contributed by atoms with Crippen LogP contribution in [0.5, 0.6) is 11.5 Å². The van der Waals surface area contributed by atoms with E-state index in [1.807, 2.05) is 6.07 Å². The number of amides is 1. The maximum atomic E-state index is 13.0. The number of likely N-dealkylation sites (tertiary alicyclic amines) is 1. The molecule has 0 spiro atoms. The van der Waals surface area contributed by atoms with Gasteiger partial charge in [-0.1, -0.05) is 41.4 Å². The van der Waals surface area contributed by atoms with Gasteiger partial charge in [-0.25, -0.2) is 0 Å². The van der Waals surface area contributed by atoms with Gasteiger partial charge in [0.1, 0.15) is 12.4 Å². The number of hydrogen-bond acceptors (Lipinski definition) is 3. The zero-order valence-electron chi connectivity index (χ0n) is 15.9. The fraction of sp³-hybridized carbons (Fsp3) is 0.381. The van der Waals surface area contributed by atoms with E-state index in [0.29, 0.717) is 18.8 Å². The molecule has 1 unspecified atom stereocenters. The number of ether oxygens (including phenoxy) is 2. The molecule has 2 aromatic rings. The minimum Gasteiger partial charge on any atom is -0.486 e. The van der Waals surface area contributed by atoms with Crippen molar-refractivity contribution >= 4 is 29.1 Å². The molecule has 0 saturated carbocycles. The smallest absolute Gasteiger partial charge is 0.416 e. The number of piperidine rings is 1. The summed E-state index contributed by atoms with van der Waals surface area (Å²) in [5.74, 6) is 0.0956. The number of benzene rings is 2. The summed E-state index contributed by atoms with van der Waals surface area (Å²) in [6.07, 6.45) is -2.72. The molecule has 1 fully saturated rings. The Bertz CT molecular complexity index is 849. The molecule has 1 saturated heterocycles. The van der Waals surface area contributed by atoms with Gasteiger partial charge in [0, 0.05) is 13.1 Å². The van der Waals surface area contributed by atoms with Gasteiger partial charge >= 0.3 is 6.18 Å². The van der Waals surface area contributed by atoms with E-state index in [2.05, 4.69) is 0 Å². The molecule has 1 heterocycles. The third-order valence-corrected chi connectivity index (χ3v) is 5.23. The van der Waals surface area contributed by atoms with E-state index < -0.39 is 17.8 Å². The van der Waals surface area contributed by atoms with Gasteiger partial charge < -0.3 is 14.4 Å². The molecule has 2 aromatic carbocycles. The topological polar surface area (TPSA) is 38.8 Å². The molecular weight excluding hydrogens is 442 g/mol. The third kappa shape index (κ3) is 5.73. The van der Waals surface area contributed by atoms with Gasteiger partial charge in [-0.2, -0.15) is 13.2 Å². The summed E-state index contributed by atoms with van der Waals surface area (Å²) in [5.41, 5.74) is -0.980. The summed E-state index contributed by atoms with van der Waals surface area (Å²) >= 11 is 11.9. The van der Waals surface area contributed by atoms with E-state index in [1.165, 1.54) is 0 Å². The second-order valence-corrected chi connectivity index (χ2v) is 7.70. The highest BCUT2D eigenvalue weighted by atomic mass is 35.5. The van der Waals surface area contributed by atoms with Gasteiger partial charge in [-0.15, -0.1) is 0 Å². The Kier molecular flexibility index (Phi) is 7.36. The average molecular weight is 462 g/mol. The first-order chi connectivity index (χ1) is 14.3. The van der Waals surface area contributed by atoms with E-state index in [4.69, 9.17) is 32.7 Å². The van der Waals surface area contributed by atoms with Crippen LogP contribution in [0.3, 0.4) is 0 Å². The quantitative estimate of drug-likeness (QED) is 0.541. The average Bonchev–Trinajstić information content (AvgIpc) is 2.72. The summed E-state index contributed by atoms with van der Waals surface area (Å²) in [4.78, 5) is 14.7. The lowest BCUT2D eigenvalue weighted by Gasteiger charge is -2.30. The van der Waals surface area contributed by atoms with Crippen LogP contribution in [0.4, 0.5) is 13.2 Å². The SMILES string of the molecule is O=C(C(COc1c(Cl)cc(C(F)(F)F)cc1Cl)Oc1ccccc1)N1CCCCC1. The molecule has 162 valence electrons. The lowest BCUT2D eigenvalue weighted by atomic mass is 10.1. The van der Waals surface area contributed by atoms with Crippen LogP contribution < -0.4 is 9.47 Å². The summed E-state index contributed by atoms with van der Waals surface area (Å²) in [6.45, 7) is 0.986. The Hall–Kier alpha value is -2.12. The van der Waals surface area contributed by atoms with E-state index in [1.54, 1.807) is 29.2 Å². The maximum Gasteiger partial charge on any atom is 0.416 e. The fourth-order valence-corrected chi connectivity index (χ4v) is 3.75. The number of rotatable bonds is 6. The predicted octanol–water partition coefficient (Wildman–Crippen LogP) is 5.85. The van der Waals surface area contributed by atoms with Gasteiger partial charge in [-0.3, -0.25) is 4.79 Å². The van der Waals surface area contributed by atoms with E-state index in [0.717, 1.165) is 31.4 Å². The first-order valence-electron chi connectivity index (χ1n) is 9.45. The molecule has 0 aliphatic carbocycles. The Morgan fingerprint density at radius 1 is 1.03 bits per heavy atom. The number of para-hydroxylation sites is 1. The number of carbonyl (C=O) groups is 1.